The van der Waals surface area contributed by atoms with E-state index < -0.39 is 0 Å². The normalized spacial score (nSPS) is 11.2. The molecule has 0 aliphatic carbocycles. The second-order valence-electron chi connectivity index (χ2n) is 8.23. The number of rotatable bonds is 12. The third kappa shape index (κ3) is 6.39. The summed E-state index contributed by atoms with van der Waals surface area (Å²) >= 11 is 1.39. The number of furan rings is 1. The molecule has 10 heteroatoms. The van der Waals surface area contributed by atoms with Crippen LogP contribution in [0.1, 0.15) is 31.9 Å². The van der Waals surface area contributed by atoms with Gasteiger partial charge in [-0.3, -0.25) is 14.5 Å². The van der Waals surface area contributed by atoms with Gasteiger partial charge in [0.25, 0.3) is 0 Å². The molecule has 8 nitrogen and oxygen atoms in total. The Hall–Kier alpha value is -3.40. The molecule has 0 radical (unpaired) electrons. The smallest absolute Gasteiger partial charge is 0.232 e. The molecule has 4 rings (SSSR count). The topological polar surface area (TPSA) is 92.8 Å². The second-order valence-corrected chi connectivity index (χ2v) is 9.17. The summed E-state index contributed by atoms with van der Waals surface area (Å²) in [6.45, 7) is 3.41. The Morgan fingerprint density at radius 3 is 2.83 bits per heavy atom. The van der Waals surface area contributed by atoms with E-state index in [4.69, 9.17) is 4.42 Å². The third-order valence-corrected chi connectivity index (χ3v) is 6.67. The van der Waals surface area contributed by atoms with Crippen molar-refractivity contribution in [1.82, 2.24) is 29.9 Å². The zero-order chi connectivity index (χ0) is 24.6. The first-order valence-corrected chi connectivity index (χ1v) is 12.7. The number of unbranched alkanes of at least 4 members (excludes halogenated alkanes) is 2. The fourth-order valence-corrected chi connectivity index (χ4v) is 4.70. The monoisotopic (exact) mass is 496 g/mol. The molecule has 0 saturated carbocycles. The van der Waals surface area contributed by atoms with Crippen LogP contribution in [0.5, 0.6) is 0 Å². The van der Waals surface area contributed by atoms with E-state index >= 15 is 0 Å². The fourth-order valence-electron chi connectivity index (χ4n) is 3.76. The number of aromatic nitrogens is 5. The van der Waals surface area contributed by atoms with Crippen molar-refractivity contribution in [2.24, 2.45) is 0 Å². The first-order chi connectivity index (χ1) is 17.0. The Morgan fingerprint density at radius 1 is 1.17 bits per heavy atom. The van der Waals surface area contributed by atoms with Gasteiger partial charge in [0.05, 0.1) is 17.7 Å². The van der Waals surface area contributed by atoms with Gasteiger partial charge < -0.3 is 9.32 Å². The molecule has 184 valence electrons. The molecule has 0 unspecified atom stereocenters. The first kappa shape index (κ1) is 24.7. The number of amides is 1. The zero-order valence-corrected chi connectivity index (χ0v) is 20.7. The van der Waals surface area contributed by atoms with Crippen molar-refractivity contribution in [1.29, 1.82) is 0 Å². The van der Waals surface area contributed by atoms with E-state index in [2.05, 4.69) is 20.4 Å². The lowest BCUT2D eigenvalue weighted by atomic mass is 10.1. The average molecular weight is 497 g/mol. The van der Waals surface area contributed by atoms with Crippen LogP contribution in [0.4, 0.5) is 4.39 Å². The molecule has 0 atom stereocenters. The van der Waals surface area contributed by atoms with Crippen LogP contribution in [-0.2, 0) is 17.8 Å². The molecule has 35 heavy (non-hydrogen) atoms. The summed E-state index contributed by atoms with van der Waals surface area (Å²) in [5.41, 5.74) is 2.54. The molecule has 0 aliphatic heterocycles. The van der Waals surface area contributed by atoms with Gasteiger partial charge in [-0.2, -0.15) is 5.10 Å². The molecule has 0 fully saturated rings. The highest BCUT2D eigenvalue weighted by Crippen LogP contribution is 2.24. The van der Waals surface area contributed by atoms with Crippen LogP contribution in [-0.4, -0.2) is 55.1 Å². The summed E-state index contributed by atoms with van der Waals surface area (Å²) in [4.78, 5) is 14.4. The molecule has 0 saturated heterocycles. The lowest BCUT2D eigenvalue weighted by Gasteiger charge is -2.16. The van der Waals surface area contributed by atoms with Gasteiger partial charge in [-0.05, 0) is 56.5 Å². The van der Waals surface area contributed by atoms with Gasteiger partial charge in [0.1, 0.15) is 5.82 Å². The van der Waals surface area contributed by atoms with Crippen molar-refractivity contribution >= 4 is 17.7 Å². The highest BCUT2D eigenvalue weighted by Gasteiger charge is 2.17. The van der Waals surface area contributed by atoms with E-state index in [0.717, 1.165) is 42.6 Å². The SMILES string of the molecule is CCn1c(SCC(=O)N(C)CCCCCc2cc(-c3cccc(F)c3)n[nH]2)nnc1-c1ccco1. The van der Waals surface area contributed by atoms with Crippen LogP contribution in [0.25, 0.3) is 22.8 Å². The number of carbonyl (C=O) groups excluding carboxylic acids is 1. The highest BCUT2D eigenvalue weighted by molar-refractivity contribution is 7.99. The van der Waals surface area contributed by atoms with Gasteiger partial charge in [-0.25, -0.2) is 4.39 Å². The van der Waals surface area contributed by atoms with Crippen molar-refractivity contribution in [3.05, 3.63) is 60.2 Å². The van der Waals surface area contributed by atoms with Gasteiger partial charge >= 0.3 is 0 Å². The standard InChI is InChI=1S/C25H29FN6O2S/c1-3-32-24(22-12-8-14-34-22)29-30-25(32)35-17-23(33)31(2)13-6-4-5-11-20-16-21(28-27-20)18-9-7-10-19(26)15-18/h7-10,12,14-16H,3-6,11,13,17H2,1-2H3,(H,27,28). The number of H-pyrrole nitrogens is 1. The van der Waals surface area contributed by atoms with Crippen LogP contribution < -0.4 is 0 Å². The van der Waals surface area contributed by atoms with Gasteiger partial charge in [-0.15, -0.1) is 10.2 Å². The quantitative estimate of drug-likeness (QED) is 0.218. The van der Waals surface area contributed by atoms with E-state index in [1.165, 1.54) is 23.9 Å². The van der Waals surface area contributed by atoms with Crippen molar-refractivity contribution < 1.29 is 13.6 Å². The number of nitrogens with one attached hydrogen (secondary N) is 1. The maximum atomic E-state index is 13.4. The number of carbonyl (C=O) groups is 1. The summed E-state index contributed by atoms with van der Waals surface area (Å²) in [5, 5.41) is 16.5. The number of halogens is 1. The maximum absolute atomic E-state index is 13.4. The van der Waals surface area contributed by atoms with Crippen LogP contribution in [0, 0.1) is 5.82 Å². The summed E-state index contributed by atoms with van der Waals surface area (Å²) in [7, 11) is 1.84. The Labute approximate surface area is 207 Å². The molecule has 1 amide bonds. The molecular formula is C25H29FN6O2S. The van der Waals surface area contributed by atoms with E-state index in [1.807, 2.05) is 42.8 Å². The summed E-state index contributed by atoms with van der Waals surface area (Å²) in [6.07, 6.45) is 5.37. The van der Waals surface area contributed by atoms with Crippen LogP contribution >= 0.6 is 11.8 Å². The van der Waals surface area contributed by atoms with Crippen molar-refractivity contribution in [2.45, 2.75) is 44.3 Å². The van der Waals surface area contributed by atoms with Crippen LogP contribution in [0.15, 0.2) is 58.3 Å². The van der Waals surface area contributed by atoms with Gasteiger partial charge in [0, 0.05) is 31.4 Å². The number of aryl methyl sites for hydroxylation is 1. The molecule has 0 spiro atoms. The molecule has 0 bridgehead atoms. The highest BCUT2D eigenvalue weighted by atomic mass is 32.2. The Bertz CT molecular complexity index is 1240. The Kier molecular flexibility index (Phi) is 8.36. The molecule has 0 aliphatic rings. The lowest BCUT2D eigenvalue weighted by molar-refractivity contribution is -0.127. The predicted octanol–water partition coefficient (Wildman–Crippen LogP) is 5.05. The van der Waals surface area contributed by atoms with Crippen LogP contribution in [0.3, 0.4) is 0 Å². The molecule has 4 aromatic rings. The third-order valence-electron chi connectivity index (χ3n) is 5.72. The minimum absolute atomic E-state index is 0.0634. The minimum atomic E-state index is -0.269. The molecular weight excluding hydrogens is 467 g/mol. The summed E-state index contributed by atoms with van der Waals surface area (Å²) < 4.78 is 20.8. The van der Waals surface area contributed by atoms with E-state index in [-0.39, 0.29) is 11.7 Å². The fraction of sp³-hybridized carbons (Fsp3) is 0.360. The van der Waals surface area contributed by atoms with Crippen LogP contribution in [0.2, 0.25) is 0 Å². The number of nitrogens with zero attached hydrogens (tertiary/aromatic N) is 5. The Balaban J connectivity index is 1.17. The molecule has 1 aromatic carbocycles. The Morgan fingerprint density at radius 2 is 2.06 bits per heavy atom. The molecule has 1 N–H and O–H groups in total. The zero-order valence-electron chi connectivity index (χ0n) is 19.9. The van der Waals surface area contributed by atoms with Gasteiger partial charge in [0.15, 0.2) is 16.7 Å². The lowest BCUT2D eigenvalue weighted by Crippen LogP contribution is -2.29. The number of thioether (sulfide) groups is 1. The maximum Gasteiger partial charge on any atom is 0.232 e. The molecule has 3 heterocycles. The second kappa shape index (κ2) is 11.8. The van der Waals surface area contributed by atoms with Gasteiger partial charge in [0.2, 0.25) is 5.91 Å². The number of hydrogen-bond acceptors (Lipinski definition) is 6. The van der Waals surface area contributed by atoms with Crippen molar-refractivity contribution in [2.75, 3.05) is 19.3 Å². The van der Waals surface area contributed by atoms with E-state index in [9.17, 15) is 9.18 Å². The number of hydrogen-bond donors (Lipinski definition) is 1. The number of benzene rings is 1. The summed E-state index contributed by atoms with van der Waals surface area (Å²) in [5.74, 6) is 1.43. The van der Waals surface area contributed by atoms with E-state index in [1.54, 1.807) is 17.2 Å². The average Bonchev–Trinajstić information content (AvgIpc) is 3.62. The first-order valence-electron chi connectivity index (χ1n) is 11.7. The molecule has 3 aromatic heterocycles. The largest absolute Gasteiger partial charge is 0.461 e. The van der Waals surface area contributed by atoms with Crippen molar-refractivity contribution in [3.63, 3.8) is 0 Å². The number of aromatic amines is 1. The minimum Gasteiger partial charge on any atom is -0.461 e. The van der Waals surface area contributed by atoms with Crippen molar-refractivity contribution in [3.8, 4) is 22.8 Å². The predicted molar refractivity (Wildman–Crippen MR) is 133 cm³/mol. The van der Waals surface area contributed by atoms with Gasteiger partial charge in [-0.1, -0.05) is 30.3 Å². The summed E-state index contributed by atoms with van der Waals surface area (Å²) in [6, 6.07) is 12.1. The van der Waals surface area contributed by atoms with E-state index in [0.29, 0.717) is 35.6 Å².